The molecule has 5 unspecified atom stereocenters. The van der Waals surface area contributed by atoms with Crippen LogP contribution in [0, 0.1) is 17.8 Å². The molecule has 7 heteroatoms. The summed E-state index contributed by atoms with van der Waals surface area (Å²) in [4.78, 5) is 21.6. The van der Waals surface area contributed by atoms with Crippen molar-refractivity contribution in [2.45, 2.75) is 24.6 Å². The zero-order chi connectivity index (χ0) is 11.6. The fourth-order valence-electron chi connectivity index (χ4n) is 2.87. The molecule has 5 atom stereocenters. The molecular weight excluding hydrogens is 294 g/mol. The molecule has 0 aromatic heterocycles. The molecule has 0 aliphatic heterocycles. The van der Waals surface area contributed by atoms with Crippen LogP contribution in [0.3, 0.4) is 0 Å². The van der Waals surface area contributed by atoms with Gasteiger partial charge in [-0.05, 0) is 25.2 Å². The van der Waals surface area contributed by atoms with Crippen LogP contribution in [-0.2, 0) is 42.3 Å². The van der Waals surface area contributed by atoms with Gasteiger partial charge >= 0.3 is 5.97 Å². The third-order valence-corrected chi connectivity index (χ3v) is 3.73. The van der Waals surface area contributed by atoms with Gasteiger partial charge in [0.1, 0.15) is 5.67 Å². The Balaban J connectivity index is 0.00000128. The van der Waals surface area contributed by atoms with Crippen molar-refractivity contribution in [2.75, 3.05) is 0 Å². The Labute approximate surface area is 116 Å². The zero-order valence-corrected chi connectivity index (χ0v) is 11.4. The fraction of sp³-hybridized carbons (Fsp3) is 0.778. The van der Waals surface area contributed by atoms with Crippen LogP contribution in [0.5, 0.6) is 0 Å². The number of rotatable bonds is 2. The molecule has 2 aliphatic rings. The normalized spacial score (nSPS) is 49.1. The Bertz CT molecular complexity index is 361. The standard InChI is InChI=1S/C9H11FNO4.Y/c1-8(10)2-3-4(6(12)13)5(3)9(8,11)7(14)15;/h3-5,11H,2H2,1H3,(H,12,13)(H,14,15);/q-1;. The van der Waals surface area contributed by atoms with Crippen molar-refractivity contribution in [3.05, 3.63) is 5.73 Å². The zero-order valence-electron chi connectivity index (χ0n) is 8.61. The monoisotopic (exact) mass is 305 g/mol. The van der Waals surface area contributed by atoms with Gasteiger partial charge in [0.2, 0.25) is 0 Å². The van der Waals surface area contributed by atoms with E-state index in [9.17, 15) is 14.0 Å². The van der Waals surface area contributed by atoms with E-state index in [-0.39, 0.29) is 39.1 Å². The van der Waals surface area contributed by atoms with Gasteiger partial charge in [0.05, 0.1) is 5.92 Å². The first-order chi connectivity index (χ1) is 6.73. The van der Waals surface area contributed by atoms with E-state index in [4.69, 9.17) is 15.9 Å². The summed E-state index contributed by atoms with van der Waals surface area (Å²) in [5.41, 5.74) is 3.23. The summed E-state index contributed by atoms with van der Waals surface area (Å²) in [5, 5.41) is 17.6. The molecule has 16 heavy (non-hydrogen) atoms. The Hall–Kier alpha value is -0.0661. The summed E-state index contributed by atoms with van der Waals surface area (Å²) >= 11 is 0. The Kier molecular flexibility index (Phi) is 3.25. The molecule has 0 aromatic carbocycles. The number of carboxylic acid groups (broad SMARTS) is 2. The minimum Gasteiger partial charge on any atom is -0.660 e. The van der Waals surface area contributed by atoms with Crippen molar-refractivity contribution in [3.63, 3.8) is 0 Å². The van der Waals surface area contributed by atoms with Gasteiger partial charge in [0.15, 0.2) is 0 Å². The molecule has 0 bridgehead atoms. The number of halogens is 1. The summed E-state index contributed by atoms with van der Waals surface area (Å²) in [6.07, 6.45) is -0.148. The molecule has 0 amide bonds. The number of carbonyl (C=O) groups is 2. The predicted octanol–water partition coefficient (Wildman–Crippen LogP) is 0.938. The van der Waals surface area contributed by atoms with E-state index in [1.807, 2.05) is 0 Å². The number of alkyl halides is 1. The van der Waals surface area contributed by atoms with Crippen LogP contribution >= 0.6 is 0 Å². The van der Waals surface area contributed by atoms with Gasteiger partial charge in [-0.1, -0.05) is 0 Å². The molecule has 2 fully saturated rings. The van der Waals surface area contributed by atoms with E-state index in [2.05, 4.69) is 0 Å². The molecule has 1 radical (unpaired) electrons. The van der Waals surface area contributed by atoms with E-state index in [0.717, 1.165) is 6.92 Å². The van der Waals surface area contributed by atoms with Gasteiger partial charge < -0.3 is 15.9 Å². The van der Waals surface area contributed by atoms with Crippen LogP contribution in [0.4, 0.5) is 4.39 Å². The molecule has 2 rings (SSSR count). The SMILES string of the molecule is CC1(F)CC2C(C(=O)O)C2C1([NH-])C(=O)O.[Y]. The van der Waals surface area contributed by atoms with E-state index in [1.165, 1.54) is 0 Å². The second-order valence-corrected chi connectivity index (χ2v) is 4.57. The van der Waals surface area contributed by atoms with Crippen LogP contribution in [0.15, 0.2) is 0 Å². The van der Waals surface area contributed by atoms with Crippen molar-refractivity contribution in [1.82, 2.24) is 0 Å². The van der Waals surface area contributed by atoms with Crippen molar-refractivity contribution in [3.8, 4) is 0 Å². The number of hydrogen-bond donors (Lipinski definition) is 2. The number of hydrogen-bond acceptors (Lipinski definition) is 2. The smallest absolute Gasteiger partial charge is 0.307 e. The minimum atomic E-state index is -2.30. The van der Waals surface area contributed by atoms with Gasteiger partial charge in [-0.15, -0.1) is 0 Å². The molecule has 0 heterocycles. The van der Waals surface area contributed by atoms with Crippen molar-refractivity contribution >= 4 is 11.9 Å². The number of aliphatic carboxylic acids is 2. The topological polar surface area (TPSA) is 98.4 Å². The van der Waals surface area contributed by atoms with Crippen LogP contribution in [0.25, 0.3) is 5.73 Å². The van der Waals surface area contributed by atoms with Crippen LogP contribution in [-0.4, -0.2) is 33.4 Å². The summed E-state index contributed by atoms with van der Waals surface area (Å²) in [7, 11) is 0. The maximum absolute atomic E-state index is 13.9. The molecule has 2 aliphatic carbocycles. The third kappa shape index (κ3) is 1.46. The van der Waals surface area contributed by atoms with Crippen LogP contribution in [0.2, 0.25) is 0 Å². The largest absolute Gasteiger partial charge is 0.660 e. The Morgan fingerprint density at radius 3 is 2.31 bits per heavy atom. The predicted molar refractivity (Wildman–Crippen MR) is 46.9 cm³/mol. The molecular formula is C9H11FNO4Y-. The average molecular weight is 305 g/mol. The van der Waals surface area contributed by atoms with E-state index >= 15 is 0 Å². The molecule has 2 saturated carbocycles. The van der Waals surface area contributed by atoms with Gasteiger partial charge in [-0.25, -0.2) is 4.39 Å². The summed E-state index contributed by atoms with van der Waals surface area (Å²) in [6, 6.07) is 0. The Morgan fingerprint density at radius 1 is 1.44 bits per heavy atom. The van der Waals surface area contributed by atoms with Gasteiger partial charge in [0, 0.05) is 38.2 Å². The first-order valence-electron chi connectivity index (χ1n) is 4.63. The molecule has 0 aromatic rings. The van der Waals surface area contributed by atoms with E-state index < -0.39 is 40.9 Å². The van der Waals surface area contributed by atoms with E-state index in [1.54, 1.807) is 0 Å². The molecule has 0 spiro atoms. The maximum Gasteiger partial charge on any atom is 0.307 e. The van der Waals surface area contributed by atoms with Gasteiger partial charge in [0.25, 0.3) is 5.97 Å². The number of fused-ring (bicyclic) bond motifs is 1. The van der Waals surface area contributed by atoms with Crippen molar-refractivity contribution < 1.29 is 56.9 Å². The summed E-state index contributed by atoms with van der Waals surface area (Å²) in [6.45, 7) is 1.07. The Morgan fingerprint density at radius 2 is 1.94 bits per heavy atom. The summed E-state index contributed by atoms with van der Waals surface area (Å²) < 4.78 is 13.9. The second-order valence-electron chi connectivity index (χ2n) is 4.57. The van der Waals surface area contributed by atoms with Crippen LogP contribution < -0.4 is 0 Å². The molecule has 0 saturated heterocycles. The van der Waals surface area contributed by atoms with Gasteiger partial charge in [-0.2, -0.15) is 0 Å². The fourth-order valence-corrected chi connectivity index (χ4v) is 2.87. The quantitative estimate of drug-likeness (QED) is 0.793. The first-order valence-corrected chi connectivity index (χ1v) is 4.63. The molecule has 3 N–H and O–H groups in total. The number of carboxylic acids is 2. The van der Waals surface area contributed by atoms with Crippen LogP contribution in [0.1, 0.15) is 13.3 Å². The van der Waals surface area contributed by atoms with Crippen molar-refractivity contribution in [1.29, 1.82) is 0 Å². The first kappa shape index (κ1) is 14.0. The average Bonchev–Trinajstić information content (AvgIpc) is 2.70. The molecule has 5 nitrogen and oxygen atoms in total. The second kappa shape index (κ2) is 3.72. The third-order valence-electron chi connectivity index (χ3n) is 3.73. The van der Waals surface area contributed by atoms with E-state index in [0.29, 0.717) is 0 Å². The maximum atomic E-state index is 13.9. The van der Waals surface area contributed by atoms with Crippen molar-refractivity contribution in [2.24, 2.45) is 17.8 Å². The molecule has 87 valence electrons. The number of nitrogens with one attached hydrogen (secondary N) is 1. The minimum absolute atomic E-state index is 0. The summed E-state index contributed by atoms with van der Waals surface area (Å²) in [5.74, 6) is -4.93. The van der Waals surface area contributed by atoms with Gasteiger partial charge in [-0.3, -0.25) is 9.59 Å².